The zero-order valence-corrected chi connectivity index (χ0v) is 13.5. The molecule has 0 heterocycles. The third-order valence-corrected chi connectivity index (χ3v) is 3.50. The van der Waals surface area contributed by atoms with Crippen LogP contribution in [0, 0.1) is 13.8 Å². The summed E-state index contributed by atoms with van der Waals surface area (Å²) in [4.78, 5) is 2.40. The van der Waals surface area contributed by atoms with Gasteiger partial charge in [0.15, 0.2) is 0 Å². The Balaban J connectivity index is 2.29. The summed E-state index contributed by atoms with van der Waals surface area (Å²) in [6.45, 7) is 14.3. The Morgan fingerprint density at radius 2 is 1.74 bits per heavy atom. The van der Waals surface area contributed by atoms with Crippen molar-refractivity contribution in [3.63, 3.8) is 0 Å². The lowest BCUT2D eigenvalue weighted by atomic mass is 10.0. The maximum Gasteiger partial charge on any atom is 0.0104 e. The maximum absolute atomic E-state index is 3.53. The van der Waals surface area contributed by atoms with Crippen LogP contribution in [0.4, 0.5) is 0 Å². The van der Waals surface area contributed by atoms with E-state index in [4.69, 9.17) is 0 Å². The number of nitrogens with one attached hydrogen (secondary N) is 1. The van der Waals surface area contributed by atoms with E-state index in [1.165, 1.54) is 16.7 Å². The van der Waals surface area contributed by atoms with E-state index < -0.39 is 0 Å². The molecular formula is C17H30N2. The minimum Gasteiger partial charge on any atom is -0.311 e. The molecule has 0 aliphatic rings. The number of hydrogen-bond donors (Lipinski definition) is 1. The van der Waals surface area contributed by atoms with E-state index >= 15 is 0 Å². The van der Waals surface area contributed by atoms with Crippen molar-refractivity contribution in [2.24, 2.45) is 0 Å². The van der Waals surface area contributed by atoms with E-state index in [0.717, 1.165) is 26.1 Å². The first kappa shape index (κ1) is 16.2. The van der Waals surface area contributed by atoms with Gasteiger partial charge in [-0.2, -0.15) is 0 Å². The molecule has 0 atom stereocenters. The van der Waals surface area contributed by atoms with Gasteiger partial charge in [-0.3, -0.25) is 0 Å². The van der Waals surface area contributed by atoms with Crippen LogP contribution < -0.4 is 5.32 Å². The van der Waals surface area contributed by atoms with Crippen molar-refractivity contribution in [3.8, 4) is 0 Å². The first-order valence-electron chi connectivity index (χ1n) is 7.27. The molecule has 2 heteroatoms. The summed E-state index contributed by atoms with van der Waals surface area (Å²) in [5.74, 6) is 0. The Bertz CT molecular complexity index is 391. The van der Waals surface area contributed by atoms with Crippen LogP contribution in [-0.4, -0.2) is 37.1 Å². The van der Waals surface area contributed by atoms with E-state index in [1.54, 1.807) is 0 Å². The van der Waals surface area contributed by atoms with Crippen LogP contribution in [0.25, 0.3) is 0 Å². The van der Waals surface area contributed by atoms with Crippen LogP contribution in [0.1, 0.15) is 37.5 Å². The molecule has 0 fully saturated rings. The van der Waals surface area contributed by atoms with Gasteiger partial charge in [0.25, 0.3) is 0 Å². The second-order valence-corrected chi connectivity index (χ2v) is 6.65. The summed E-state index contributed by atoms with van der Waals surface area (Å²) in [6.07, 6.45) is 1.13. The van der Waals surface area contributed by atoms with E-state index in [-0.39, 0.29) is 5.54 Å². The predicted molar refractivity (Wildman–Crippen MR) is 84.9 cm³/mol. The largest absolute Gasteiger partial charge is 0.311 e. The average Bonchev–Trinajstić information content (AvgIpc) is 2.29. The molecule has 0 bridgehead atoms. The van der Waals surface area contributed by atoms with Crippen LogP contribution in [0.5, 0.6) is 0 Å². The normalized spacial score (nSPS) is 12.2. The van der Waals surface area contributed by atoms with E-state index in [9.17, 15) is 0 Å². The smallest absolute Gasteiger partial charge is 0.0104 e. The Labute approximate surface area is 119 Å². The van der Waals surface area contributed by atoms with Crippen molar-refractivity contribution < 1.29 is 0 Å². The topological polar surface area (TPSA) is 15.3 Å². The molecule has 0 aliphatic carbocycles. The highest BCUT2D eigenvalue weighted by atomic mass is 15.1. The minimum absolute atomic E-state index is 0.217. The molecule has 2 nitrogen and oxygen atoms in total. The monoisotopic (exact) mass is 262 g/mol. The lowest BCUT2D eigenvalue weighted by molar-refractivity contribution is 0.312. The number of hydrogen-bond acceptors (Lipinski definition) is 2. The summed E-state index contributed by atoms with van der Waals surface area (Å²) in [5.41, 5.74) is 4.44. The number of aryl methyl sites for hydroxylation is 2. The van der Waals surface area contributed by atoms with Crippen LogP contribution in [0.3, 0.4) is 0 Å². The molecule has 0 saturated carbocycles. The zero-order valence-electron chi connectivity index (χ0n) is 13.5. The first-order valence-corrected chi connectivity index (χ1v) is 7.27. The zero-order chi connectivity index (χ0) is 14.5. The molecule has 0 unspecified atom stereocenters. The number of nitrogens with zero attached hydrogens (tertiary/aromatic N) is 1. The molecule has 108 valence electrons. The Morgan fingerprint density at radius 3 is 2.32 bits per heavy atom. The fraction of sp³-hybridized carbons (Fsp3) is 0.647. The lowest BCUT2D eigenvalue weighted by Crippen LogP contribution is -2.40. The lowest BCUT2D eigenvalue weighted by Gasteiger charge is -2.23. The molecule has 0 spiro atoms. The molecule has 1 aromatic rings. The summed E-state index contributed by atoms with van der Waals surface area (Å²) >= 11 is 0. The highest BCUT2D eigenvalue weighted by molar-refractivity contribution is 5.30. The molecule has 0 aromatic heterocycles. The quantitative estimate of drug-likeness (QED) is 0.847. The van der Waals surface area contributed by atoms with Gasteiger partial charge in [0.1, 0.15) is 0 Å². The van der Waals surface area contributed by atoms with Crippen LogP contribution in [-0.2, 0) is 6.42 Å². The van der Waals surface area contributed by atoms with Gasteiger partial charge in [0, 0.05) is 25.2 Å². The molecular weight excluding hydrogens is 232 g/mol. The third-order valence-electron chi connectivity index (χ3n) is 3.50. The second-order valence-electron chi connectivity index (χ2n) is 6.65. The Morgan fingerprint density at radius 1 is 1.05 bits per heavy atom. The van der Waals surface area contributed by atoms with Crippen molar-refractivity contribution in [2.75, 3.05) is 26.7 Å². The van der Waals surface area contributed by atoms with Gasteiger partial charge >= 0.3 is 0 Å². The van der Waals surface area contributed by atoms with Crippen LogP contribution in [0.2, 0.25) is 0 Å². The van der Waals surface area contributed by atoms with Gasteiger partial charge in [-0.1, -0.05) is 18.2 Å². The molecule has 19 heavy (non-hydrogen) atoms. The number of benzene rings is 1. The van der Waals surface area contributed by atoms with E-state index in [2.05, 4.69) is 70.1 Å². The molecule has 0 aliphatic heterocycles. The van der Waals surface area contributed by atoms with Crippen LogP contribution in [0.15, 0.2) is 18.2 Å². The predicted octanol–water partition coefficient (Wildman–Crippen LogP) is 3.17. The van der Waals surface area contributed by atoms with Gasteiger partial charge in [-0.05, 0) is 64.8 Å². The Kier molecular flexibility index (Phi) is 6.02. The SMILES string of the molecule is Cc1ccc(CCN(C)CCNC(C)(C)C)cc1C. The van der Waals surface area contributed by atoms with E-state index in [0.29, 0.717) is 0 Å². The molecule has 0 radical (unpaired) electrons. The minimum atomic E-state index is 0.217. The fourth-order valence-corrected chi connectivity index (χ4v) is 2.01. The third kappa shape index (κ3) is 6.74. The van der Waals surface area contributed by atoms with Crippen molar-refractivity contribution in [1.29, 1.82) is 0 Å². The number of likely N-dealkylation sites (N-methyl/N-ethyl adjacent to an activating group) is 1. The molecule has 1 rings (SSSR count). The van der Waals surface area contributed by atoms with E-state index in [1.807, 2.05) is 0 Å². The Hall–Kier alpha value is -0.860. The summed E-state index contributed by atoms with van der Waals surface area (Å²) < 4.78 is 0. The molecule has 1 aromatic carbocycles. The fourth-order valence-electron chi connectivity index (χ4n) is 2.01. The summed E-state index contributed by atoms with van der Waals surface area (Å²) in [7, 11) is 2.20. The highest BCUT2D eigenvalue weighted by Crippen LogP contribution is 2.10. The van der Waals surface area contributed by atoms with Crippen LogP contribution >= 0.6 is 0 Å². The van der Waals surface area contributed by atoms with Crippen molar-refractivity contribution >= 4 is 0 Å². The maximum atomic E-state index is 3.53. The van der Waals surface area contributed by atoms with Gasteiger partial charge < -0.3 is 10.2 Å². The molecule has 1 N–H and O–H groups in total. The standard InChI is InChI=1S/C17H30N2/c1-14-7-8-16(13-15(14)2)9-11-19(6)12-10-18-17(3,4)5/h7-8,13,18H,9-12H2,1-6H3. The summed E-state index contributed by atoms with van der Waals surface area (Å²) in [5, 5.41) is 3.53. The highest BCUT2D eigenvalue weighted by Gasteiger charge is 2.08. The number of rotatable bonds is 6. The first-order chi connectivity index (χ1) is 8.78. The molecule has 0 amide bonds. The van der Waals surface area contributed by atoms with Gasteiger partial charge in [-0.15, -0.1) is 0 Å². The van der Waals surface area contributed by atoms with Crippen molar-refractivity contribution in [3.05, 3.63) is 34.9 Å². The van der Waals surface area contributed by atoms with Crippen molar-refractivity contribution in [2.45, 2.75) is 46.6 Å². The van der Waals surface area contributed by atoms with Gasteiger partial charge in [-0.25, -0.2) is 0 Å². The van der Waals surface area contributed by atoms with Gasteiger partial charge in [0.2, 0.25) is 0 Å². The second kappa shape index (κ2) is 7.06. The molecule has 0 saturated heterocycles. The van der Waals surface area contributed by atoms with Crippen molar-refractivity contribution in [1.82, 2.24) is 10.2 Å². The van der Waals surface area contributed by atoms with Gasteiger partial charge in [0.05, 0.1) is 0 Å². The summed E-state index contributed by atoms with van der Waals surface area (Å²) in [6, 6.07) is 6.80. The average molecular weight is 262 g/mol.